The second-order valence-electron chi connectivity index (χ2n) is 6.59. The van der Waals surface area contributed by atoms with Crippen LogP contribution in [0.5, 0.6) is 0 Å². The van der Waals surface area contributed by atoms with Gasteiger partial charge in [0, 0.05) is 32.2 Å². The number of aryl methyl sites for hydroxylation is 1. The summed E-state index contributed by atoms with van der Waals surface area (Å²) in [5.74, 6) is 0. The van der Waals surface area contributed by atoms with Crippen molar-refractivity contribution in [1.82, 2.24) is 9.88 Å². The predicted molar refractivity (Wildman–Crippen MR) is 105 cm³/mol. The first kappa shape index (κ1) is 16.9. The number of hydrogen-bond donors (Lipinski definition) is 0. The van der Waals surface area contributed by atoms with Crippen LogP contribution in [0.25, 0.3) is 10.2 Å². The van der Waals surface area contributed by atoms with Crippen LogP contribution in [0.3, 0.4) is 0 Å². The summed E-state index contributed by atoms with van der Waals surface area (Å²) >= 11 is 1.74. The summed E-state index contributed by atoms with van der Waals surface area (Å²) in [6.45, 7) is 6.04. The molecule has 7 heteroatoms. The molecule has 0 radical (unpaired) electrons. The number of nitro benzene ring substituents is 1. The van der Waals surface area contributed by atoms with Crippen LogP contribution in [-0.4, -0.2) is 41.0 Å². The van der Waals surface area contributed by atoms with E-state index in [1.54, 1.807) is 17.4 Å². The van der Waals surface area contributed by atoms with Crippen molar-refractivity contribution in [2.75, 3.05) is 31.1 Å². The highest BCUT2D eigenvalue weighted by Crippen LogP contribution is 2.30. The van der Waals surface area contributed by atoms with Crippen molar-refractivity contribution in [2.24, 2.45) is 0 Å². The van der Waals surface area contributed by atoms with Crippen LogP contribution in [0, 0.1) is 17.0 Å². The van der Waals surface area contributed by atoms with E-state index in [-0.39, 0.29) is 10.6 Å². The topological polar surface area (TPSA) is 62.5 Å². The Morgan fingerprint density at radius 2 is 1.92 bits per heavy atom. The highest BCUT2D eigenvalue weighted by molar-refractivity contribution is 7.18. The van der Waals surface area contributed by atoms with E-state index in [1.807, 2.05) is 37.3 Å². The van der Waals surface area contributed by atoms with Crippen LogP contribution in [0.1, 0.15) is 10.6 Å². The van der Waals surface area contributed by atoms with Gasteiger partial charge in [-0.1, -0.05) is 18.2 Å². The standard InChI is InChI=1S/C19H20N4O2S/c1-14-6-7-16(17(12-14)23(24)25)22-10-8-21(9-11-22)13-19-20-15-4-2-3-5-18(15)26-19/h2-7,12H,8-11,13H2,1H3. The number of anilines is 1. The van der Waals surface area contributed by atoms with Gasteiger partial charge in [-0.15, -0.1) is 11.3 Å². The molecule has 1 aromatic heterocycles. The minimum Gasteiger partial charge on any atom is -0.363 e. The molecular formula is C19H20N4O2S. The molecule has 1 aliphatic rings. The number of nitro groups is 1. The lowest BCUT2D eigenvalue weighted by Crippen LogP contribution is -2.46. The fraction of sp³-hybridized carbons (Fsp3) is 0.316. The first-order valence-corrected chi connectivity index (χ1v) is 9.48. The van der Waals surface area contributed by atoms with Gasteiger partial charge < -0.3 is 4.90 Å². The van der Waals surface area contributed by atoms with E-state index < -0.39 is 0 Å². The van der Waals surface area contributed by atoms with E-state index in [1.165, 1.54) is 4.70 Å². The Labute approximate surface area is 155 Å². The van der Waals surface area contributed by atoms with Crippen molar-refractivity contribution in [2.45, 2.75) is 13.5 Å². The van der Waals surface area contributed by atoms with Crippen LogP contribution < -0.4 is 4.90 Å². The summed E-state index contributed by atoms with van der Waals surface area (Å²) < 4.78 is 1.22. The van der Waals surface area contributed by atoms with Crippen molar-refractivity contribution < 1.29 is 4.92 Å². The molecule has 0 bridgehead atoms. The van der Waals surface area contributed by atoms with Gasteiger partial charge in [0.15, 0.2) is 0 Å². The Kier molecular flexibility index (Phi) is 4.57. The lowest BCUT2D eigenvalue weighted by atomic mass is 10.1. The minimum absolute atomic E-state index is 0.199. The summed E-state index contributed by atoms with van der Waals surface area (Å²) in [5.41, 5.74) is 2.89. The Morgan fingerprint density at radius 3 is 2.65 bits per heavy atom. The number of benzene rings is 2. The zero-order valence-electron chi connectivity index (χ0n) is 14.6. The van der Waals surface area contributed by atoms with Gasteiger partial charge in [0.2, 0.25) is 0 Å². The molecule has 0 spiro atoms. The quantitative estimate of drug-likeness (QED) is 0.517. The second kappa shape index (κ2) is 7.01. The molecule has 2 heterocycles. The van der Waals surface area contributed by atoms with Crippen LogP contribution in [0.2, 0.25) is 0 Å². The molecule has 2 aromatic carbocycles. The molecule has 1 saturated heterocycles. The first-order chi connectivity index (χ1) is 12.6. The second-order valence-corrected chi connectivity index (χ2v) is 7.70. The number of aromatic nitrogens is 1. The average molecular weight is 368 g/mol. The number of fused-ring (bicyclic) bond motifs is 1. The lowest BCUT2D eigenvalue weighted by molar-refractivity contribution is -0.384. The largest absolute Gasteiger partial charge is 0.363 e. The third-order valence-electron chi connectivity index (χ3n) is 4.74. The normalized spacial score (nSPS) is 15.5. The van der Waals surface area contributed by atoms with Crippen molar-refractivity contribution in [1.29, 1.82) is 0 Å². The molecule has 4 rings (SSSR count). The lowest BCUT2D eigenvalue weighted by Gasteiger charge is -2.35. The first-order valence-electron chi connectivity index (χ1n) is 8.67. The summed E-state index contributed by atoms with van der Waals surface area (Å²) in [4.78, 5) is 20.3. The van der Waals surface area contributed by atoms with Gasteiger partial charge in [-0.25, -0.2) is 4.98 Å². The van der Waals surface area contributed by atoms with E-state index in [2.05, 4.69) is 15.9 Å². The van der Waals surface area contributed by atoms with Gasteiger partial charge in [0.25, 0.3) is 5.69 Å². The number of piperazine rings is 1. The third kappa shape index (κ3) is 3.40. The van der Waals surface area contributed by atoms with Crippen molar-refractivity contribution >= 4 is 32.9 Å². The van der Waals surface area contributed by atoms with Gasteiger partial charge >= 0.3 is 0 Å². The number of para-hydroxylation sites is 1. The van der Waals surface area contributed by atoms with Gasteiger partial charge in [0.1, 0.15) is 10.7 Å². The number of nitrogens with zero attached hydrogens (tertiary/aromatic N) is 4. The molecule has 6 nitrogen and oxygen atoms in total. The zero-order valence-corrected chi connectivity index (χ0v) is 15.4. The van der Waals surface area contributed by atoms with Gasteiger partial charge in [-0.05, 0) is 30.7 Å². The number of hydrogen-bond acceptors (Lipinski definition) is 6. The van der Waals surface area contributed by atoms with Crippen molar-refractivity contribution in [3.8, 4) is 0 Å². The van der Waals surface area contributed by atoms with E-state index >= 15 is 0 Å². The molecule has 1 fully saturated rings. The molecule has 134 valence electrons. The Bertz CT molecular complexity index is 915. The summed E-state index contributed by atoms with van der Waals surface area (Å²) in [5, 5.41) is 12.5. The highest BCUT2D eigenvalue weighted by Gasteiger charge is 2.24. The molecule has 26 heavy (non-hydrogen) atoms. The third-order valence-corrected chi connectivity index (χ3v) is 5.76. The van der Waals surface area contributed by atoms with Crippen LogP contribution in [0.4, 0.5) is 11.4 Å². The molecule has 0 saturated carbocycles. The van der Waals surface area contributed by atoms with Crippen LogP contribution in [0.15, 0.2) is 42.5 Å². The molecule has 0 unspecified atom stereocenters. The summed E-state index contributed by atoms with van der Waals surface area (Å²) in [6.07, 6.45) is 0. The monoisotopic (exact) mass is 368 g/mol. The zero-order chi connectivity index (χ0) is 18.1. The van der Waals surface area contributed by atoms with Gasteiger partial charge in [-0.2, -0.15) is 0 Å². The Hall–Kier alpha value is -2.51. The van der Waals surface area contributed by atoms with Gasteiger partial charge in [-0.3, -0.25) is 15.0 Å². The highest BCUT2D eigenvalue weighted by atomic mass is 32.1. The molecule has 0 aliphatic carbocycles. The minimum atomic E-state index is -0.282. The van der Waals surface area contributed by atoms with E-state index in [9.17, 15) is 10.1 Å². The van der Waals surface area contributed by atoms with E-state index in [0.717, 1.165) is 54.5 Å². The maximum absolute atomic E-state index is 11.4. The molecule has 0 amide bonds. The average Bonchev–Trinajstić information content (AvgIpc) is 3.04. The van der Waals surface area contributed by atoms with E-state index in [0.29, 0.717) is 0 Å². The number of rotatable bonds is 4. The van der Waals surface area contributed by atoms with Crippen LogP contribution >= 0.6 is 11.3 Å². The Balaban J connectivity index is 1.43. The molecule has 3 aromatic rings. The van der Waals surface area contributed by atoms with Crippen molar-refractivity contribution in [3.63, 3.8) is 0 Å². The Morgan fingerprint density at radius 1 is 1.15 bits per heavy atom. The maximum Gasteiger partial charge on any atom is 0.292 e. The van der Waals surface area contributed by atoms with E-state index in [4.69, 9.17) is 4.98 Å². The molecule has 0 atom stereocenters. The molecule has 1 aliphatic heterocycles. The van der Waals surface area contributed by atoms with Gasteiger partial charge in [0.05, 0.1) is 21.7 Å². The SMILES string of the molecule is Cc1ccc(N2CCN(Cc3nc4ccccc4s3)CC2)c([N+](=O)[O-])c1. The maximum atomic E-state index is 11.4. The fourth-order valence-electron chi connectivity index (χ4n) is 3.37. The summed E-state index contributed by atoms with van der Waals surface area (Å²) in [6, 6.07) is 13.7. The van der Waals surface area contributed by atoms with Crippen molar-refractivity contribution in [3.05, 3.63) is 63.1 Å². The smallest absolute Gasteiger partial charge is 0.292 e. The molecule has 0 N–H and O–H groups in total. The van der Waals surface area contributed by atoms with Crippen LogP contribution in [-0.2, 0) is 6.54 Å². The predicted octanol–water partition coefficient (Wildman–Crippen LogP) is 3.84. The fourth-order valence-corrected chi connectivity index (χ4v) is 4.38. The molecular weight excluding hydrogens is 348 g/mol. The summed E-state index contributed by atoms with van der Waals surface area (Å²) in [7, 11) is 0. The number of thiazole rings is 1.